The van der Waals surface area contributed by atoms with Crippen LogP contribution in [0.3, 0.4) is 0 Å². The number of sulfonamides is 1. The Labute approximate surface area is 195 Å². The van der Waals surface area contributed by atoms with Crippen molar-refractivity contribution in [1.29, 1.82) is 0 Å². The Hall–Kier alpha value is -3.16. The van der Waals surface area contributed by atoms with E-state index in [2.05, 4.69) is 36.8 Å². The Morgan fingerprint density at radius 1 is 1.12 bits per heavy atom. The highest BCUT2D eigenvalue weighted by Crippen LogP contribution is 2.33. The highest BCUT2D eigenvalue weighted by atomic mass is 32.2. The zero-order valence-corrected chi connectivity index (χ0v) is 19.6. The van der Waals surface area contributed by atoms with Gasteiger partial charge >= 0.3 is 0 Å². The molecule has 0 spiro atoms. The summed E-state index contributed by atoms with van der Waals surface area (Å²) >= 11 is 0. The molecule has 0 bridgehead atoms. The van der Waals surface area contributed by atoms with Crippen LogP contribution in [0.1, 0.15) is 46.9 Å². The Bertz CT molecular complexity index is 1250. The Morgan fingerprint density at radius 2 is 1.91 bits per heavy atom. The number of hydrogen-bond donors (Lipinski definition) is 1. The zero-order valence-electron chi connectivity index (χ0n) is 18.8. The van der Waals surface area contributed by atoms with Crippen molar-refractivity contribution in [1.82, 2.24) is 9.62 Å². The van der Waals surface area contributed by atoms with Crippen molar-refractivity contribution in [3.05, 3.63) is 95.0 Å². The molecule has 1 amide bonds. The Kier molecular flexibility index (Phi) is 6.81. The van der Waals surface area contributed by atoms with Crippen LogP contribution >= 0.6 is 0 Å². The summed E-state index contributed by atoms with van der Waals surface area (Å²) in [6, 6.07) is 16.3. The molecule has 1 atom stereocenters. The standard InChI is InChI=1S/C26H28N2O4S/c1-19-7-11-22(17-20(19)2)25-6-3-15-28(25)26(29)14-10-21-8-12-24(13-9-21)33(30,31)27-18-23-5-4-16-32-23/h4-5,7-14,16-17,25,27H,3,6,15,18H2,1-2H3/b14-10+. The quantitative estimate of drug-likeness (QED) is 0.512. The highest BCUT2D eigenvalue weighted by molar-refractivity contribution is 7.89. The smallest absolute Gasteiger partial charge is 0.247 e. The van der Waals surface area contributed by atoms with Crippen LogP contribution in [-0.2, 0) is 21.4 Å². The molecule has 1 N–H and O–H groups in total. The largest absolute Gasteiger partial charge is 0.468 e. The fraction of sp³-hybridized carbons (Fsp3) is 0.269. The third-order valence-electron chi connectivity index (χ3n) is 6.08. The van der Waals surface area contributed by atoms with Crippen molar-refractivity contribution < 1.29 is 17.6 Å². The molecular weight excluding hydrogens is 436 g/mol. The van der Waals surface area contributed by atoms with Crippen molar-refractivity contribution in [3.8, 4) is 0 Å². The van der Waals surface area contributed by atoms with E-state index in [1.165, 1.54) is 35.1 Å². The lowest BCUT2D eigenvalue weighted by atomic mass is 9.99. The van der Waals surface area contributed by atoms with Crippen LogP contribution in [0.5, 0.6) is 0 Å². The molecule has 2 aromatic carbocycles. The number of benzene rings is 2. The minimum absolute atomic E-state index is 0.0347. The Morgan fingerprint density at radius 3 is 2.61 bits per heavy atom. The summed E-state index contributed by atoms with van der Waals surface area (Å²) in [5.41, 5.74) is 4.41. The first-order chi connectivity index (χ1) is 15.8. The molecule has 0 radical (unpaired) electrons. The number of aryl methyl sites for hydroxylation is 2. The Balaban J connectivity index is 1.41. The van der Waals surface area contributed by atoms with Gasteiger partial charge in [0, 0.05) is 12.6 Å². The van der Waals surface area contributed by atoms with Crippen molar-refractivity contribution in [2.75, 3.05) is 6.54 Å². The summed E-state index contributed by atoms with van der Waals surface area (Å²) in [4.78, 5) is 15.0. The van der Waals surface area contributed by atoms with Crippen molar-refractivity contribution in [3.63, 3.8) is 0 Å². The topological polar surface area (TPSA) is 79.6 Å². The monoisotopic (exact) mass is 464 g/mol. The molecule has 0 saturated carbocycles. The van der Waals surface area contributed by atoms with Crippen LogP contribution in [0.2, 0.25) is 0 Å². The van der Waals surface area contributed by atoms with E-state index in [0.29, 0.717) is 5.76 Å². The SMILES string of the molecule is Cc1ccc(C2CCCN2C(=O)/C=C/c2ccc(S(=O)(=O)NCc3ccco3)cc2)cc1C. The first kappa shape index (κ1) is 23.0. The third-order valence-corrected chi connectivity index (χ3v) is 7.49. The maximum absolute atomic E-state index is 12.9. The molecule has 4 rings (SSSR count). The highest BCUT2D eigenvalue weighted by Gasteiger charge is 2.28. The normalized spacial score (nSPS) is 16.5. The zero-order chi connectivity index (χ0) is 23.4. The number of carbonyl (C=O) groups is 1. The second-order valence-corrected chi connectivity index (χ2v) is 10.1. The maximum atomic E-state index is 12.9. The van der Waals surface area contributed by atoms with Gasteiger partial charge in [-0.3, -0.25) is 4.79 Å². The van der Waals surface area contributed by atoms with E-state index in [0.717, 1.165) is 24.9 Å². The minimum atomic E-state index is -3.65. The lowest BCUT2D eigenvalue weighted by Crippen LogP contribution is -2.28. The van der Waals surface area contributed by atoms with Gasteiger partial charge in [0.1, 0.15) is 5.76 Å². The molecule has 3 aromatic rings. The third kappa shape index (κ3) is 5.43. The number of nitrogens with zero attached hydrogens (tertiary/aromatic N) is 1. The number of furan rings is 1. The molecule has 33 heavy (non-hydrogen) atoms. The number of rotatable bonds is 7. The molecule has 1 aromatic heterocycles. The first-order valence-corrected chi connectivity index (χ1v) is 12.5. The van der Waals surface area contributed by atoms with Gasteiger partial charge in [0.2, 0.25) is 15.9 Å². The van der Waals surface area contributed by atoms with Crippen LogP contribution < -0.4 is 4.72 Å². The summed E-state index contributed by atoms with van der Waals surface area (Å²) in [7, 11) is -3.65. The van der Waals surface area contributed by atoms with Gasteiger partial charge in [-0.1, -0.05) is 30.3 Å². The van der Waals surface area contributed by atoms with Crippen molar-refractivity contribution in [2.45, 2.75) is 44.2 Å². The average molecular weight is 465 g/mol. The summed E-state index contributed by atoms with van der Waals surface area (Å²) < 4.78 is 32.6. The predicted molar refractivity (Wildman–Crippen MR) is 128 cm³/mol. The lowest BCUT2D eigenvalue weighted by molar-refractivity contribution is -0.126. The molecular formula is C26H28N2O4S. The van der Waals surface area contributed by atoms with E-state index in [1.807, 2.05) is 4.90 Å². The van der Waals surface area contributed by atoms with Gasteiger partial charge in [-0.2, -0.15) is 0 Å². The number of nitrogens with one attached hydrogen (secondary N) is 1. The van der Waals surface area contributed by atoms with Gasteiger partial charge in [-0.25, -0.2) is 13.1 Å². The summed E-state index contributed by atoms with van der Waals surface area (Å²) in [5, 5.41) is 0. The number of carbonyl (C=O) groups excluding carboxylic acids is 1. The second kappa shape index (κ2) is 9.77. The van der Waals surface area contributed by atoms with Crippen molar-refractivity contribution >= 4 is 22.0 Å². The molecule has 1 unspecified atom stereocenters. The fourth-order valence-electron chi connectivity index (χ4n) is 4.03. The molecule has 172 valence electrons. The molecule has 7 heteroatoms. The van der Waals surface area contributed by atoms with Crippen LogP contribution in [0.15, 0.2) is 76.2 Å². The van der Waals surface area contributed by atoms with Gasteiger partial charge in [-0.05, 0) is 79.3 Å². The van der Waals surface area contributed by atoms with E-state index in [9.17, 15) is 13.2 Å². The van der Waals surface area contributed by atoms with E-state index >= 15 is 0 Å². The maximum Gasteiger partial charge on any atom is 0.247 e. The number of likely N-dealkylation sites (tertiary alicyclic amines) is 1. The second-order valence-electron chi connectivity index (χ2n) is 8.34. The molecule has 1 fully saturated rings. The number of hydrogen-bond acceptors (Lipinski definition) is 4. The summed E-state index contributed by atoms with van der Waals surface area (Å²) in [6.45, 7) is 5.00. The molecule has 1 aliphatic rings. The van der Waals surface area contributed by atoms with Gasteiger partial charge < -0.3 is 9.32 Å². The van der Waals surface area contributed by atoms with Gasteiger partial charge in [0.05, 0.1) is 23.7 Å². The minimum Gasteiger partial charge on any atom is -0.468 e. The first-order valence-electron chi connectivity index (χ1n) is 11.0. The van der Waals surface area contributed by atoms with Gasteiger partial charge in [0.25, 0.3) is 0 Å². The van der Waals surface area contributed by atoms with Crippen LogP contribution in [0, 0.1) is 13.8 Å². The van der Waals surface area contributed by atoms with Crippen LogP contribution in [-0.4, -0.2) is 25.8 Å². The van der Waals surface area contributed by atoms with E-state index in [-0.39, 0.29) is 23.4 Å². The molecule has 0 aliphatic carbocycles. The van der Waals surface area contributed by atoms with E-state index < -0.39 is 10.0 Å². The number of amides is 1. The van der Waals surface area contributed by atoms with E-state index in [4.69, 9.17) is 4.42 Å². The van der Waals surface area contributed by atoms with Crippen LogP contribution in [0.25, 0.3) is 6.08 Å². The molecule has 1 saturated heterocycles. The van der Waals surface area contributed by atoms with Gasteiger partial charge in [0.15, 0.2) is 0 Å². The summed E-state index contributed by atoms with van der Waals surface area (Å²) in [6.07, 6.45) is 6.73. The van der Waals surface area contributed by atoms with Crippen molar-refractivity contribution in [2.24, 2.45) is 0 Å². The van der Waals surface area contributed by atoms with E-state index in [1.54, 1.807) is 36.4 Å². The lowest BCUT2D eigenvalue weighted by Gasteiger charge is -2.24. The molecule has 1 aliphatic heterocycles. The fourth-order valence-corrected chi connectivity index (χ4v) is 5.03. The molecule has 2 heterocycles. The predicted octanol–water partition coefficient (Wildman–Crippen LogP) is 4.75. The average Bonchev–Trinajstić information content (AvgIpc) is 3.51. The van der Waals surface area contributed by atoms with Crippen LogP contribution in [0.4, 0.5) is 0 Å². The summed E-state index contributed by atoms with van der Waals surface area (Å²) in [5.74, 6) is 0.505. The molecule has 6 nitrogen and oxygen atoms in total. The van der Waals surface area contributed by atoms with Gasteiger partial charge in [-0.15, -0.1) is 0 Å².